The summed E-state index contributed by atoms with van der Waals surface area (Å²) in [4.78, 5) is 24.1. The van der Waals surface area contributed by atoms with Crippen LogP contribution in [0.25, 0.3) is 10.8 Å². The minimum absolute atomic E-state index is 0.0146. The Morgan fingerprint density at radius 3 is 2.26 bits per heavy atom. The first-order chi connectivity index (χ1) is 12.5. The first kappa shape index (κ1) is 20.9. The Balaban J connectivity index is 2.30. The third-order valence-corrected chi connectivity index (χ3v) is 6.01. The second-order valence-corrected chi connectivity index (χ2v) is 9.32. The van der Waals surface area contributed by atoms with Crippen molar-refractivity contribution >= 4 is 32.5 Å². The predicted molar refractivity (Wildman–Crippen MR) is 102 cm³/mol. The summed E-state index contributed by atoms with van der Waals surface area (Å²) in [5, 5.41) is 0.158. The monoisotopic (exact) mass is 392 g/mol. The van der Waals surface area contributed by atoms with Crippen LogP contribution < -0.4 is 0 Å². The van der Waals surface area contributed by atoms with Gasteiger partial charge >= 0.3 is 11.9 Å². The van der Waals surface area contributed by atoms with E-state index in [-0.39, 0.29) is 17.7 Å². The molecule has 2 aromatic carbocycles. The molecule has 0 saturated carbocycles. The van der Waals surface area contributed by atoms with Crippen molar-refractivity contribution in [2.75, 3.05) is 7.11 Å². The molecule has 0 bridgehead atoms. The summed E-state index contributed by atoms with van der Waals surface area (Å²) in [5.41, 5.74) is -0.685. The van der Waals surface area contributed by atoms with Gasteiger partial charge < -0.3 is 9.47 Å². The van der Waals surface area contributed by atoms with E-state index in [1.165, 1.54) is 12.1 Å². The number of rotatable bonds is 6. The van der Waals surface area contributed by atoms with Crippen molar-refractivity contribution in [2.24, 2.45) is 0 Å². The molecule has 146 valence electrons. The Labute approximate surface area is 159 Å². The van der Waals surface area contributed by atoms with Crippen LogP contribution in [0.3, 0.4) is 0 Å². The first-order valence-corrected chi connectivity index (χ1v) is 10.1. The SMILES string of the molecule is COC(=O)C(CCC(=O)OC(C)(C)C)S(=O)(=O)c1ccc2ccccc2c1. The molecule has 0 aromatic heterocycles. The van der Waals surface area contributed by atoms with Crippen molar-refractivity contribution in [3.8, 4) is 0 Å². The lowest BCUT2D eigenvalue weighted by molar-refractivity contribution is -0.155. The molecule has 2 rings (SSSR count). The third-order valence-electron chi connectivity index (χ3n) is 3.92. The number of methoxy groups -OCH3 is 1. The van der Waals surface area contributed by atoms with Crippen LogP contribution in [0.4, 0.5) is 0 Å². The second kappa shape index (κ2) is 8.08. The van der Waals surface area contributed by atoms with Gasteiger partial charge in [0.15, 0.2) is 15.1 Å². The van der Waals surface area contributed by atoms with Crippen LogP contribution in [-0.2, 0) is 28.9 Å². The van der Waals surface area contributed by atoms with Gasteiger partial charge in [0.1, 0.15) is 5.60 Å². The molecular formula is C20H24O6S. The van der Waals surface area contributed by atoms with Crippen molar-refractivity contribution in [2.45, 2.75) is 49.4 Å². The van der Waals surface area contributed by atoms with Gasteiger partial charge in [-0.05, 0) is 50.1 Å². The molecule has 7 heteroatoms. The minimum atomic E-state index is -4.03. The molecule has 0 saturated heterocycles. The zero-order chi connectivity index (χ0) is 20.2. The molecule has 0 radical (unpaired) electrons. The van der Waals surface area contributed by atoms with Gasteiger partial charge in [0.25, 0.3) is 0 Å². The zero-order valence-corrected chi connectivity index (χ0v) is 16.7. The fourth-order valence-corrected chi connectivity index (χ4v) is 4.34. The smallest absolute Gasteiger partial charge is 0.324 e. The normalized spacial score (nSPS) is 13.2. The summed E-state index contributed by atoms with van der Waals surface area (Å²) in [5.74, 6) is -1.46. The van der Waals surface area contributed by atoms with Gasteiger partial charge in [-0.25, -0.2) is 8.42 Å². The van der Waals surface area contributed by atoms with E-state index >= 15 is 0 Å². The van der Waals surface area contributed by atoms with Crippen LogP contribution in [0.2, 0.25) is 0 Å². The predicted octanol–water partition coefficient (Wildman–Crippen LogP) is 3.28. The number of carbonyl (C=O) groups is 2. The van der Waals surface area contributed by atoms with E-state index in [2.05, 4.69) is 4.74 Å². The lowest BCUT2D eigenvalue weighted by atomic mass is 10.1. The number of sulfone groups is 1. The molecule has 0 heterocycles. The summed E-state index contributed by atoms with van der Waals surface area (Å²) in [6.07, 6.45) is -0.416. The van der Waals surface area contributed by atoms with Crippen molar-refractivity contribution in [1.29, 1.82) is 0 Å². The highest BCUT2D eigenvalue weighted by Gasteiger charge is 2.36. The molecule has 6 nitrogen and oxygen atoms in total. The second-order valence-electron chi connectivity index (χ2n) is 7.19. The maximum Gasteiger partial charge on any atom is 0.324 e. The number of fused-ring (bicyclic) bond motifs is 1. The highest BCUT2D eigenvalue weighted by atomic mass is 32.2. The van der Waals surface area contributed by atoms with E-state index in [1.54, 1.807) is 39.0 Å². The molecule has 0 fully saturated rings. The van der Waals surface area contributed by atoms with Gasteiger partial charge in [-0.1, -0.05) is 30.3 Å². The van der Waals surface area contributed by atoms with E-state index in [4.69, 9.17) is 4.74 Å². The molecule has 0 spiro atoms. The molecule has 0 aliphatic carbocycles. The molecule has 0 amide bonds. The highest BCUT2D eigenvalue weighted by molar-refractivity contribution is 7.92. The standard InChI is InChI=1S/C20H24O6S/c1-20(2,3)26-18(21)12-11-17(19(22)25-4)27(23,24)16-10-9-14-7-5-6-8-15(14)13-16/h5-10,13,17H,11-12H2,1-4H3. The van der Waals surface area contributed by atoms with Gasteiger partial charge in [0.05, 0.1) is 12.0 Å². The van der Waals surface area contributed by atoms with E-state index in [0.29, 0.717) is 0 Å². The number of esters is 2. The van der Waals surface area contributed by atoms with Crippen LogP contribution >= 0.6 is 0 Å². The molecule has 0 aliphatic rings. The van der Waals surface area contributed by atoms with Crippen LogP contribution in [0.15, 0.2) is 47.4 Å². The van der Waals surface area contributed by atoms with Crippen LogP contribution in [-0.4, -0.2) is 38.3 Å². The Bertz CT molecular complexity index is 940. The fourth-order valence-electron chi connectivity index (χ4n) is 2.68. The number of ether oxygens (including phenoxy) is 2. The Morgan fingerprint density at radius 2 is 1.67 bits per heavy atom. The first-order valence-electron chi connectivity index (χ1n) is 8.57. The van der Waals surface area contributed by atoms with E-state index in [9.17, 15) is 18.0 Å². The number of hydrogen-bond acceptors (Lipinski definition) is 6. The summed E-state index contributed by atoms with van der Waals surface area (Å²) >= 11 is 0. The molecule has 0 aliphatic heterocycles. The lowest BCUT2D eigenvalue weighted by Crippen LogP contribution is -2.33. The van der Waals surface area contributed by atoms with Crippen molar-refractivity contribution < 1.29 is 27.5 Å². The maximum absolute atomic E-state index is 13.0. The average molecular weight is 392 g/mol. The summed E-state index contributed by atoms with van der Waals surface area (Å²) in [7, 11) is -2.90. The Hall–Kier alpha value is -2.41. The minimum Gasteiger partial charge on any atom is -0.468 e. The molecule has 1 atom stereocenters. The van der Waals surface area contributed by atoms with Gasteiger partial charge in [0, 0.05) is 6.42 Å². The van der Waals surface area contributed by atoms with Crippen LogP contribution in [0, 0.1) is 0 Å². The Morgan fingerprint density at radius 1 is 1.04 bits per heavy atom. The van der Waals surface area contributed by atoms with Gasteiger partial charge in [-0.3, -0.25) is 9.59 Å². The molecule has 0 N–H and O–H groups in total. The summed E-state index contributed by atoms with van der Waals surface area (Å²) in [6.45, 7) is 5.15. The molecule has 1 unspecified atom stereocenters. The van der Waals surface area contributed by atoms with Crippen LogP contribution in [0.5, 0.6) is 0 Å². The van der Waals surface area contributed by atoms with Crippen molar-refractivity contribution in [1.82, 2.24) is 0 Å². The molecule has 2 aromatic rings. The topological polar surface area (TPSA) is 86.7 Å². The zero-order valence-electron chi connectivity index (χ0n) is 15.9. The third kappa shape index (κ3) is 5.29. The fraction of sp³-hybridized carbons (Fsp3) is 0.400. The van der Waals surface area contributed by atoms with Gasteiger partial charge in [-0.2, -0.15) is 0 Å². The Kier molecular flexibility index (Phi) is 6.26. The van der Waals surface area contributed by atoms with E-state index in [1.807, 2.05) is 12.1 Å². The summed E-state index contributed by atoms with van der Waals surface area (Å²) < 4.78 is 35.9. The number of benzene rings is 2. The van der Waals surface area contributed by atoms with E-state index in [0.717, 1.165) is 17.9 Å². The number of hydrogen-bond donors (Lipinski definition) is 0. The molecule has 27 heavy (non-hydrogen) atoms. The largest absolute Gasteiger partial charge is 0.468 e. The maximum atomic E-state index is 13.0. The average Bonchev–Trinajstić information content (AvgIpc) is 2.59. The summed E-state index contributed by atoms with van der Waals surface area (Å²) in [6, 6.07) is 12.0. The lowest BCUT2D eigenvalue weighted by Gasteiger charge is -2.20. The highest BCUT2D eigenvalue weighted by Crippen LogP contribution is 2.25. The van der Waals surface area contributed by atoms with E-state index < -0.39 is 32.6 Å². The number of carbonyl (C=O) groups excluding carboxylic acids is 2. The van der Waals surface area contributed by atoms with Crippen molar-refractivity contribution in [3.63, 3.8) is 0 Å². The van der Waals surface area contributed by atoms with Crippen molar-refractivity contribution in [3.05, 3.63) is 42.5 Å². The van der Waals surface area contributed by atoms with Gasteiger partial charge in [-0.15, -0.1) is 0 Å². The van der Waals surface area contributed by atoms with Crippen LogP contribution in [0.1, 0.15) is 33.6 Å². The quantitative estimate of drug-likeness (QED) is 0.701. The molecular weight excluding hydrogens is 368 g/mol. The van der Waals surface area contributed by atoms with Gasteiger partial charge in [0.2, 0.25) is 0 Å².